The Hall–Kier alpha value is -1.70. The quantitative estimate of drug-likeness (QED) is 0.724. The van der Waals surface area contributed by atoms with E-state index in [1.54, 1.807) is 0 Å². The minimum absolute atomic E-state index is 0.941. The summed E-state index contributed by atoms with van der Waals surface area (Å²) in [7, 11) is 0. The van der Waals surface area contributed by atoms with Crippen molar-refractivity contribution in [1.29, 1.82) is 0 Å². The Morgan fingerprint density at radius 1 is 0.812 bits per heavy atom. The Bertz CT molecular complexity index is 490. The van der Waals surface area contributed by atoms with Gasteiger partial charge in [-0.2, -0.15) is 10.2 Å². The molecule has 1 heterocycles. The van der Waals surface area contributed by atoms with E-state index in [2.05, 4.69) is 43.1 Å². The first-order valence-electron chi connectivity index (χ1n) is 5.46. The molecule has 2 nitrogen and oxygen atoms in total. The van der Waals surface area contributed by atoms with Crippen LogP contribution in [0.5, 0.6) is 0 Å². The average molecular weight is 212 g/mol. The fourth-order valence-electron chi connectivity index (χ4n) is 1.74. The van der Waals surface area contributed by atoms with Crippen molar-refractivity contribution in [2.45, 2.75) is 27.7 Å². The van der Waals surface area contributed by atoms with E-state index in [1.807, 2.05) is 19.1 Å². The SMILES string of the molecule is Cc1ccc(-c2cc(C)c(C)c(C)c2)nn1. The number of hydrogen-bond donors (Lipinski definition) is 0. The lowest BCUT2D eigenvalue weighted by Crippen LogP contribution is -1.93. The zero-order chi connectivity index (χ0) is 11.7. The van der Waals surface area contributed by atoms with Gasteiger partial charge < -0.3 is 0 Å². The third-order valence-electron chi connectivity index (χ3n) is 3.02. The number of rotatable bonds is 1. The van der Waals surface area contributed by atoms with E-state index in [9.17, 15) is 0 Å². The molecule has 0 aliphatic carbocycles. The highest BCUT2D eigenvalue weighted by Crippen LogP contribution is 2.22. The average Bonchev–Trinajstić information content (AvgIpc) is 2.26. The second-order valence-electron chi connectivity index (χ2n) is 4.29. The second-order valence-corrected chi connectivity index (χ2v) is 4.29. The van der Waals surface area contributed by atoms with E-state index >= 15 is 0 Å². The first-order valence-corrected chi connectivity index (χ1v) is 5.46. The van der Waals surface area contributed by atoms with Gasteiger partial charge in [0.15, 0.2) is 0 Å². The van der Waals surface area contributed by atoms with Crippen LogP contribution in [0, 0.1) is 27.7 Å². The molecule has 16 heavy (non-hydrogen) atoms. The fourth-order valence-corrected chi connectivity index (χ4v) is 1.74. The molecule has 2 rings (SSSR count). The lowest BCUT2D eigenvalue weighted by Gasteiger charge is -2.08. The topological polar surface area (TPSA) is 25.8 Å². The van der Waals surface area contributed by atoms with Gasteiger partial charge in [-0.25, -0.2) is 0 Å². The van der Waals surface area contributed by atoms with Crippen LogP contribution in [0.1, 0.15) is 22.4 Å². The molecule has 0 atom stereocenters. The largest absolute Gasteiger partial charge is 0.155 e. The summed E-state index contributed by atoms with van der Waals surface area (Å²) in [5.74, 6) is 0. The Morgan fingerprint density at radius 2 is 1.44 bits per heavy atom. The van der Waals surface area contributed by atoms with Gasteiger partial charge in [0, 0.05) is 5.56 Å². The van der Waals surface area contributed by atoms with Crippen molar-refractivity contribution in [2.24, 2.45) is 0 Å². The van der Waals surface area contributed by atoms with Crippen molar-refractivity contribution in [3.8, 4) is 11.3 Å². The van der Waals surface area contributed by atoms with E-state index < -0.39 is 0 Å². The molecule has 0 aliphatic heterocycles. The van der Waals surface area contributed by atoms with Gasteiger partial charge in [-0.3, -0.25) is 0 Å². The monoisotopic (exact) mass is 212 g/mol. The van der Waals surface area contributed by atoms with Crippen LogP contribution in [-0.4, -0.2) is 10.2 Å². The summed E-state index contributed by atoms with van der Waals surface area (Å²) in [5.41, 5.74) is 6.99. The minimum Gasteiger partial charge on any atom is -0.155 e. The zero-order valence-electron chi connectivity index (χ0n) is 10.2. The van der Waals surface area contributed by atoms with Gasteiger partial charge in [0.05, 0.1) is 11.4 Å². The molecule has 0 bridgehead atoms. The van der Waals surface area contributed by atoms with E-state index in [1.165, 1.54) is 16.7 Å². The van der Waals surface area contributed by atoms with Gasteiger partial charge in [-0.1, -0.05) is 0 Å². The van der Waals surface area contributed by atoms with Crippen LogP contribution in [0.15, 0.2) is 24.3 Å². The van der Waals surface area contributed by atoms with Crippen molar-refractivity contribution in [3.63, 3.8) is 0 Å². The Balaban J connectivity index is 2.52. The smallest absolute Gasteiger partial charge is 0.0930 e. The molecule has 0 fully saturated rings. The summed E-state index contributed by atoms with van der Waals surface area (Å²) in [6.07, 6.45) is 0. The Kier molecular flexibility index (Phi) is 2.73. The predicted molar refractivity (Wildman–Crippen MR) is 66.4 cm³/mol. The number of benzene rings is 1. The summed E-state index contributed by atoms with van der Waals surface area (Å²) < 4.78 is 0. The molecule has 2 heteroatoms. The first kappa shape index (κ1) is 10.8. The maximum absolute atomic E-state index is 4.21. The molecule has 0 saturated heterocycles. The van der Waals surface area contributed by atoms with Gasteiger partial charge in [0.2, 0.25) is 0 Å². The molecule has 0 saturated carbocycles. The number of aryl methyl sites for hydroxylation is 3. The third-order valence-corrected chi connectivity index (χ3v) is 3.02. The number of hydrogen-bond acceptors (Lipinski definition) is 2. The summed E-state index contributed by atoms with van der Waals surface area (Å²) >= 11 is 0. The van der Waals surface area contributed by atoms with Crippen LogP contribution in [0.3, 0.4) is 0 Å². The number of aromatic nitrogens is 2. The molecule has 82 valence electrons. The molecule has 1 aromatic heterocycles. The highest BCUT2D eigenvalue weighted by molar-refractivity contribution is 5.62. The van der Waals surface area contributed by atoms with Gasteiger partial charge >= 0.3 is 0 Å². The van der Waals surface area contributed by atoms with Crippen LogP contribution >= 0.6 is 0 Å². The van der Waals surface area contributed by atoms with E-state index in [-0.39, 0.29) is 0 Å². The maximum atomic E-state index is 4.21. The summed E-state index contributed by atoms with van der Waals surface area (Å²) in [6, 6.07) is 8.35. The molecular weight excluding hydrogens is 196 g/mol. The third kappa shape index (κ3) is 1.96. The van der Waals surface area contributed by atoms with Gasteiger partial charge in [-0.05, 0) is 68.7 Å². The van der Waals surface area contributed by atoms with Crippen molar-refractivity contribution < 1.29 is 0 Å². The predicted octanol–water partition coefficient (Wildman–Crippen LogP) is 3.38. The minimum atomic E-state index is 0.941. The zero-order valence-corrected chi connectivity index (χ0v) is 10.2. The molecular formula is C14H16N2. The number of nitrogens with zero attached hydrogens (tertiary/aromatic N) is 2. The summed E-state index contributed by atoms with van der Waals surface area (Å²) in [4.78, 5) is 0. The van der Waals surface area contributed by atoms with Crippen molar-refractivity contribution in [2.75, 3.05) is 0 Å². The molecule has 0 amide bonds. The fraction of sp³-hybridized carbons (Fsp3) is 0.286. The van der Waals surface area contributed by atoms with Crippen LogP contribution in [0.25, 0.3) is 11.3 Å². The molecule has 1 aromatic carbocycles. The van der Waals surface area contributed by atoms with Crippen molar-refractivity contribution in [1.82, 2.24) is 10.2 Å². The van der Waals surface area contributed by atoms with E-state index in [0.717, 1.165) is 17.0 Å². The Labute approximate surface area is 96.4 Å². The Morgan fingerprint density at radius 3 is 1.94 bits per heavy atom. The van der Waals surface area contributed by atoms with E-state index in [4.69, 9.17) is 0 Å². The normalized spacial score (nSPS) is 10.5. The van der Waals surface area contributed by atoms with E-state index in [0.29, 0.717) is 0 Å². The standard InChI is InChI=1S/C14H16N2/c1-9-7-13(8-10(2)12(9)4)14-6-5-11(3)15-16-14/h5-8H,1-4H3. The first-order chi connectivity index (χ1) is 7.58. The lowest BCUT2D eigenvalue weighted by molar-refractivity contribution is 0.986. The molecule has 0 radical (unpaired) electrons. The van der Waals surface area contributed by atoms with Crippen molar-refractivity contribution >= 4 is 0 Å². The van der Waals surface area contributed by atoms with Gasteiger partial charge in [0.1, 0.15) is 0 Å². The van der Waals surface area contributed by atoms with Gasteiger partial charge in [0.25, 0.3) is 0 Å². The van der Waals surface area contributed by atoms with Crippen LogP contribution in [0.4, 0.5) is 0 Å². The summed E-state index contributed by atoms with van der Waals surface area (Å²) in [6.45, 7) is 8.36. The van der Waals surface area contributed by atoms with Crippen LogP contribution < -0.4 is 0 Å². The maximum Gasteiger partial charge on any atom is 0.0930 e. The molecule has 0 spiro atoms. The molecule has 0 aliphatic rings. The summed E-state index contributed by atoms with van der Waals surface area (Å²) in [5, 5.41) is 8.30. The molecule has 0 unspecified atom stereocenters. The van der Waals surface area contributed by atoms with Gasteiger partial charge in [-0.15, -0.1) is 0 Å². The van der Waals surface area contributed by atoms with Crippen molar-refractivity contribution in [3.05, 3.63) is 46.6 Å². The lowest BCUT2D eigenvalue weighted by atomic mass is 9.99. The van der Waals surface area contributed by atoms with Crippen LogP contribution in [-0.2, 0) is 0 Å². The van der Waals surface area contributed by atoms with Crippen LogP contribution in [0.2, 0.25) is 0 Å². The second kappa shape index (κ2) is 4.05. The highest BCUT2D eigenvalue weighted by atomic mass is 15.1. The molecule has 2 aromatic rings. The highest BCUT2D eigenvalue weighted by Gasteiger charge is 2.04. The molecule has 0 N–H and O–H groups in total.